The summed E-state index contributed by atoms with van der Waals surface area (Å²) in [6.45, 7) is 1.95. The summed E-state index contributed by atoms with van der Waals surface area (Å²) in [6, 6.07) is 15.0. The van der Waals surface area contributed by atoms with Gasteiger partial charge in [0, 0.05) is 10.2 Å². The largest absolute Gasteiger partial charge is 0.347 e. The summed E-state index contributed by atoms with van der Waals surface area (Å²) in [5.41, 5.74) is 2.76. The molecule has 22 heavy (non-hydrogen) atoms. The Bertz CT molecular complexity index is 669. The van der Waals surface area contributed by atoms with Gasteiger partial charge in [0.25, 0.3) is 0 Å². The van der Waals surface area contributed by atoms with Crippen LogP contribution in [0.25, 0.3) is 0 Å². The van der Waals surface area contributed by atoms with E-state index in [0.29, 0.717) is 5.69 Å². The average molecular weight is 361 g/mol. The maximum Gasteiger partial charge on any atom is 0.243 e. The SMILES string of the molecule is Cc1ccc(CC(=O)NCC(=O)Nc2cccc(Br)c2)cc1. The van der Waals surface area contributed by atoms with Crippen LogP contribution in [-0.2, 0) is 16.0 Å². The monoisotopic (exact) mass is 360 g/mol. The molecule has 0 radical (unpaired) electrons. The zero-order valence-corrected chi connectivity index (χ0v) is 13.8. The Kier molecular flexibility index (Phi) is 5.72. The molecule has 2 N–H and O–H groups in total. The van der Waals surface area contributed by atoms with Gasteiger partial charge < -0.3 is 10.6 Å². The number of hydrogen-bond acceptors (Lipinski definition) is 2. The smallest absolute Gasteiger partial charge is 0.243 e. The van der Waals surface area contributed by atoms with E-state index in [-0.39, 0.29) is 24.8 Å². The number of rotatable bonds is 5. The van der Waals surface area contributed by atoms with Gasteiger partial charge in [-0.2, -0.15) is 0 Å². The van der Waals surface area contributed by atoms with Gasteiger partial charge in [-0.05, 0) is 30.7 Å². The lowest BCUT2D eigenvalue weighted by Crippen LogP contribution is -2.33. The number of carbonyl (C=O) groups is 2. The Balaban J connectivity index is 1.78. The molecule has 0 unspecified atom stereocenters. The van der Waals surface area contributed by atoms with E-state index in [2.05, 4.69) is 26.6 Å². The third kappa shape index (κ3) is 5.33. The minimum atomic E-state index is -0.254. The Hall–Kier alpha value is -2.14. The quantitative estimate of drug-likeness (QED) is 0.860. The van der Waals surface area contributed by atoms with E-state index in [1.165, 1.54) is 0 Å². The summed E-state index contributed by atoms with van der Waals surface area (Å²) in [5, 5.41) is 5.34. The predicted octanol–water partition coefficient (Wildman–Crippen LogP) is 3.05. The molecule has 2 rings (SSSR count). The van der Waals surface area contributed by atoms with Crippen molar-refractivity contribution in [3.8, 4) is 0 Å². The summed E-state index contributed by atoms with van der Waals surface area (Å²) in [7, 11) is 0. The highest BCUT2D eigenvalue weighted by Gasteiger charge is 2.07. The number of hydrogen-bond donors (Lipinski definition) is 2. The second-order valence-corrected chi connectivity index (χ2v) is 5.91. The van der Waals surface area contributed by atoms with Crippen molar-refractivity contribution in [2.24, 2.45) is 0 Å². The van der Waals surface area contributed by atoms with Crippen LogP contribution in [-0.4, -0.2) is 18.4 Å². The molecular weight excluding hydrogens is 344 g/mol. The fourth-order valence-corrected chi connectivity index (χ4v) is 2.30. The highest BCUT2D eigenvalue weighted by Crippen LogP contribution is 2.15. The maximum atomic E-state index is 11.8. The van der Waals surface area contributed by atoms with Crippen LogP contribution in [0.15, 0.2) is 53.0 Å². The zero-order valence-electron chi connectivity index (χ0n) is 12.2. The molecule has 0 saturated carbocycles. The van der Waals surface area contributed by atoms with Crippen LogP contribution in [0.4, 0.5) is 5.69 Å². The summed E-state index contributed by atoms with van der Waals surface area (Å²) in [5.74, 6) is -0.427. The molecule has 0 spiro atoms. The third-order valence-electron chi connectivity index (χ3n) is 3.04. The minimum absolute atomic E-state index is 0.0444. The van der Waals surface area contributed by atoms with Gasteiger partial charge in [0.1, 0.15) is 0 Å². The molecule has 0 heterocycles. The van der Waals surface area contributed by atoms with E-state index in [1.54, 1.807) is 12.1 Å². The zero-order chi connectivity index (χ0) is 15.9. The first-order valence-corrected chi connectivity index (χ1v) is 7.70. The molecule has 0 aliphatic carbocycles. The van der Waals surface area contributed by atoms with E-state index in [4.69, 9.17) is 0 Å². The molecule has 0 aliphatic rings. The number of aryl methyl sites for hydroxylation is 1. The molecule has 2 amide bonds. The fourth-order valence-electron chi connectivity index (χ4n) is 1.90. The van der Waals surface area contributed by atoms with Crippen molar-refractivity contribution in [3.05, 3.63) is 64.1 Å². The van der Waals surface area contributed by atoms with E-state index in [0.717, 1.165) is 15.6 Å². The fraction of sp³-hybridized carbons (Fsp3) is 0.176. The van der Waals surface area contributed by atoms with Crippen molar-refractivity contribution in [1.29, 1.82) is 0 Å². The standard InChI is InChI=1S/C17H17BrN2O2/c1-12-5-7-13(8-6-12)9-16(21)19-11-17(22)20-15-4-2-3-14(18)10-15/h2-8,10H,9,11H2,1H3,(H,19,21)(H,20,22). The molecular formula is C17H17BrN2O2. The van der Waals surface area contributed by atoms with E-state index >= 15 is 0 Å². The summed E-state index contributed by atoms with van der Waals surface area (Å²) >= 11 is 3.34. The van der Waals surface area contributed by atoms with Crippen LogP contribution in [0.2, 0.25) is 0 Å². The van der Waals surface area contributed by atoms with Crippen LogP contribution in [0.3, 0.4) is 0 Å². The van der Waals surface area contributed by atoms with Crippen molar-refractivity contribution in [2.75, 3.05) is 11.9 Å². The molecule has 114 valence electrons. The first kappa shape index (κ1) is 16.2. The molecule has 5 heteroatoms. The molecule has 0 saturated heterocycles. The first-order chi connectivity index (χ1) is 10.5. The van der Waals surface area contributed by atoms with E-state index in [1.807, 2.05) is 43.3 Å². The van der Waals surface area contributed by atoms with Gasteiger partial charge in [-0.3, -0.25) is 9.59 Å². The molecule has 0 aliphatic heterocycles. The topological polar surface area (TPSA) is 58.2 Å². The Morgan fingerprint density at radius 3 is 2.45 bits per heavy atom. The van der Waals surface area contributed by atoms with Crippen LogP contribution in [0.1, 0.15) is 11.1 Å². The summed E-state index contributed by atoms with van der Waals surface area (Å²) in [4.78, 5) is 23.6. The Labute approximate surface area is 138 Å². The molecule has 4 nitrogen and oxygen atoms in total. The molecule has 0 fully saturated rings. The van der Waals surface area contributed by atoms with Crippen LogP contribution >= 0.6 is 15.9 Å². The lowest BCUT2D eigenvalue weighted by molar-refractivity contribution is -0.123. The second-order valence-electron chi connectivity index (χ2n) is 5.00. The van der Waals surface area contributed by atoms with Gasteiger partial charge >= 0.3 is 0 Å². The van der Waals surface area contributed by atoms with Gasteiger partial charge in [0.2, 0.25) is 11.8 Å². The number of anilines is 1. The van der Waals surface area contributed by atoms with Gasteiger partial charge in [-0.15, -0.1) is 0 Å². The number of amides is 2. The number of nitrogens with one attached hydrogen (secondary N) is 2. The Morgan fingerprint density at radius 2 is 1.77 bits per heavy atom. The minimum Gasteiger partial charge on any atom is -0.347 e. The van der Waals surface area contributed by atoms with Gasteiger partial charge in [0.15, 0.2) is 0 Å². The van der Waals surface area contributed by atoms with Crippen molar-refractivity contribution < 1.29 is 9.59 Å². The Morgan fingerprint density at radius 1 is 1.05 bits per heavy atom. The van der Waals surface area contributed by atoms with Gasteiger partial charge in [-0.25, -0.2) is 0 Å². The normalized spacial score (nSPS) is 10.1. The highest BCUT2D eigenvalue weighted by molar-refractivity contribution is 9.10. The van der Waals surface area contributed by atoms with E-state index in [9.17, 15) is 9.59 Å². The third-order valence-corrected chi connectivity index (χ3v) is 3.53. The number of benzene rings is 2. The first-order valence-electron chi connectivity index (χ1n) is 6.90. The van der Waals surface area contributed by atoms with Crippen molar-refractivity contribution >= 4 is 33.4 Å². The summed E-state index contributed by atoms with van der Waals surface area (Å²) < 4.78 is 0.883. The number of halogens is 1. The average Bonchev–Trinajstić information content (AvgIpc) is 2.48. The molecule has 2 aromatic rings. The molecule has 0 atom stereocenters. The van der Waals surface area contributed by atoms with Crippen LogP contribution in [0, 0.1) is 6.92 Å². The maximum absolute atomic E-state index is 11.8. The second kappa shape index (κ2) is 7.75. The van der Waals surface area contributed by atoms with Crippen molar-refractivity contribution in [1.82, 2.24) is 5.32 Å². The lowest BCUT2D eigenvalue weighted by atomic mass is 10.1. The molecule has 0 aromatic heterocycles. The van der Waals surface area contributed by atoms with Gasteiger partial charge in [-0.1, -0.05) is 51.8 Å². The predicted molar refractivity (Wildman–Crippen MR) is 90.7 cm³/mol. The van der Waals surface area contributed by atoms with Crippen molar-refractivity contribution in [2.45, 2.75) is 13.3 Å². The van der Waals surface area contributed by atoms with Gasteiger partial charge in [0.05, 0.1) is 13.0 Å². The summed E-state index contributed by atoms with van der Waals surface area (Å²) in [6.07, 6.45) is 0.268. The molecule has 0 bridgehead atoms. The lowest BCUT2D eigenvalue weighted by Gasteiger charge is -2.07. The van der Waals surface area contributed by atoms with Crippen LogP contribution < -0.4 is 10.6 Å². The molecule has 2 aromatic carbocycles. The number of carbonyl (C=O) groups excluding carboxylic acids is 2. The van der Waals surface area contributed by atoms with E-state index < -0.39 is 0 Å². The van der Waals surface area contributed by atoms with Crippen LogP contribution in [0.5, 0.6) is 0 Å². The van der Waals surface area contributed by atoms with Crippen molar-refractivity contribution in [3.63, 3.8) is 0 Å². The highest BCUT2D eigenvalue weighted by atomic mass is 79.9.